The van der Waals surface area contributed by atoms with Crippen molar-refractivity contribution in [3.63, 3.8) is 0 Å². The molecule has 90 valence electrons. The molecule has 0 fully saturated rings. The van der Waals surface area contributed by atoms with Gasteiger partial charge in [0.25, 0.3) is 10.1 Å². The van der Waals surface area contributed by atoms with Crippen molar-refractivity contribution in [2.24, 2.45) is 0 Å². The second kappa shape index (κ2) is 5.95. The molecule has 6 heteroatoms. The lowest BCUT2D eigenvalue weighted by atomic mass is 10.4. The summed E-state index contributed by atoms with van der Waals surface area (Å²) in [5, 5.41) is 8.79. The first kappa shape index (κ1) is 13.1. The van der Waals surface area contributed by atoms with E-state index in [0.29, 0.717) is 0 Å². The predicted molar refractivity (Wildman–Crippen MR) is 57.5 cm³/mol. The van der Waals surface area contributed by atoms with Crippen molar-refractivity contribution in [3.8, 4) is 0 Å². The Bertz CT molecular complexity index is 396. The molecule has 1 aromatic carbocycles. The highest BCUT2D eigenvalue weighted by atomic mass is 32.2. The molecule has 0 amide bonds. The molecule has 16 heavy (non-hydrogen) atoms. The molecule has 1 aromatic rings. The van der Waals surface area contributed by atoms with Gasteiger partial charge in [-0.1, -0.05) is 18.2 Å². The van der Waals surface area contributed by atoms with Gasteiger partial charge in [-0.05, 0) is 12.1 Å². The Balaban J connectivity index is 2.67. The predicted octanol–water partition coefficient (Wildman–Crippen LogP) is 0.399. The molecule has 5 nitrogen and oxygen atoms in total. The Hall–Kier alpha value is -0.950. The van der Waals surface area contributed by atoms with Crippen LogP contribution in [0.5, 0.6) is 0 Å². The zero-order chi connectivity index (χ0) is 12.0. The van der Waals surface area contributed by atoms with Crippen molar-refractivity contribution in [1.29, 1.82) is 0 Å². The highest BCUT2D eigenvalue weighted by Crippen LogP contribution is 2.11. The maximum Gasteiger partial charge on any atom is 0.297 e. The molecule has 1 unspecified atom stereocenters. The fourth-order valence-electron chi connectivity index (χ4n) is 1.02. The molecule has 0 aliphatic carbocycles. The number of rotatable bonds is 6. The van der Waals surface area contributed by atoms with Crippen LogP contribution in [0.4, 0.5) is 0 Å². The van der Waals surface area contributed by atoms with Crippen LogP contribution >= 0.6 is 0 Å². The standard InChI is InChI=1S/C10H14O5S/c1-14-9(7-11)8-15-16(12,13)10-5-3-2-4-6-10/h2-6,9,11H,7-8H2,1H3. The largest absolute Gasteiger partial charge is 0.394 e. The van der Waals surface area contributed by atoms with Gasteiger partial charge in [0.15, 0.2) is 0 Å². The van der Waals surface area contributed by atoms with Gasteiger partial charge in [0, 0.05) is 7.11 Å². The van der Waals surface area contributed by atoms with E-state index in [1.165, 1.54) is 19.2 Å². The number of aliphatic hydroxyl groups excluding tert-OH is 1. The SMILES string of the molecule is COC(CO)COS(=O)(=O)c1ccccc1. The minimum absolute atomic E-state index is 0.0859. The lowest BCUT2D eigenvalue weighted by Crippen LogP contribution is -2.24. The first-order chi connectivity index (χ1) is 7.60. The third-order valence-electron chi connectivity index (χ3n) is 1.98. The van der Waals surface area contributed by atoms with Gasteiger partial charge in [-0.25, -0.2) is 0 Å². The van der Waals surface area contributed by atoms with Gasteiger partial charge in [-0.15, -0.1) is 0 Å². The van der Waals surface area contributed by atoms with E-state index in [9.17, 15) is 8.42 Å². The average molecular weight is 246 g/mol. The first-order valence-corrected chi connectivity index (χ1v) is 6.09. The second-order valence-corrected chi connectivity index (χ2v) is 4.71. The van der Waals surface area contributed by atoms with E-state index in [2.05, 4.69) is 0 Å². The minimum Gasteiger partial charge on any atom is -0.394 e. The number of hydrogen-bond acceptors (Lipinski definition) is 5. The number of hydrogen-bond donors (Lipinski definition) is 1. The maximum atomic E-state index is 11.6. The quantitative estimate of drug-likeness (QED) is 0.735. The van der Waals surface area contributed by atoms with Crippen LogP contribution in [0, 0.1) is 0 Å². The summed E-state index contributed by atoms with van der Waals surface area (Å²) >= 11 is 0. The van der Waals surface area contributed by atoms with Gasteiger partial charge in [-0.3, -0.25) is 4.18 Å². The van der Waals surface area contributed by atoms with Crippen LogP contribution in [0.15, 0.2) is 35.2 Å². The van der Waals surface area contributed by atoms with Gasteiger partial charge in [0.1, 0.15) is 6.10 Å². The fourth-order valence-corrected chi connectivity index (χ4v) is 1.97. The monoisotopic (exact) mass is 246 g/mol. The Kier molecular flexibility index (Phi) is 4.88. The number of ether oxygens (including phenoxy) is 1. The van der Waals surface area contributed by atoms with Crippen molar-refractivity contribution in [2.45, 2.75) is 11.0 Å². The van der Waals surface area contributed by atoms with Gasteiger partial charge < -0.3 is 9.84 Å². The number of aliphatic hydroxyl groups is 1. The number of methoxy groups -OCH3 is 1. The highest BCUT2D eigenvalue weighted by molar-refractivity contribution is 7.86. The molecule has 1 rings (SSSR count). The van der Waals surface area contributed by atoms with Crippen LogP contribution in [0.3, 0.4) is 0 Å². The zero-order valence-electron chi connectivity index (χ0n) is 8.87. The van der Waals surface area contributed by atoms with Crippen LogP contribution in [0.25, 0.3) is 0 Å². The lowest BCUT2D eigenvalue weighted by Gasteiger charge is -2.12. The first-order valence-electron chi connectivity index (χ1n) is 4.68. The molecular formula is C10H14O5S. The summed E-state index contributed by atoms with van der Waals surface area (Å²) in [6, 6.07) is 7.81. The van der Waals surface area contributed by atoms with Crippen molar-refractivity contribution >= 4 is 10.1 Å². The maximum absolute atomic E-state index is 11.6. The molecule has 0 aromatic heterocycles. The van der Waals surface area contributed by atoms with Crippen molar-refractivity contribution < 1.29 is 22.4 Å². The third kappa shape index (κ3) is 3.57. The van der Waals surface area contributed by atoms with Gasteiger partial charge in [0.05, 0.1) is 18.1 Å². The molecule has 0 saturated heterocycles. The lowest BCUT2D eigenvalue weighted by molar-refractivity contribution is 0.0180. The summed E-state index contributed by atoms with van der Waals surface area (Å²) in [6.45, 7) is -0.495. The van der Waals surface area contributed by atoms with E-state index in [0.717, 1.165) is 0 Å². The van der Waals surface area contributed by atoms with Crippen molar-refractivity contribution in [1.82, 2.24) is 0 Å². The van der Waals surface area contributed by atoms with Gasteiger partial charge >= 0.3 is 0 Å². The van der Waals surface area contributed by atoms with Crippen LogP contribution in [0.1, 0.15) is 0 Å². The molecule has 0 radical (unpaired) electrons. The molecular weight excluding hydrogens is 232 g/mol. The molecule has 0 spiro atoms. The van der Waals surface area contributed by atoms with E-state index in [1.807, 2.05) is 0 Å². The number of benzene rings is 1. The summed E-state index contributed by atoms with van der Waals surface area (Å²) in [5.74, 6) is 0. The molecule has 0 bridgehead atoms. The highest BCUT2D eigenvalue weighted by Gasteiger charge is 2.17. The molecule has 0 aliphatic heterocycles. The summed E-state index contributed by atoms with van der Waals surface area (Å²) in [4.78, 5) is 0.0859. The molecule has 0 heterocycles. The fraction of sp³-hybridized carbons (Fsp3) is 0.400. The molecule has 1 atom stereocenters. The van der Waals surface area contributed by atoms with E-state index in [4.69, 9.17) is 14.0 Å². The Morgan fingerprint density at radius 3 is 2.44 bits per heavy atom. The normalized spacial score (nSPS) is 13.6. The van der Waals surface area contributed by atoms with E-state index in [1.54, 1.807) is 18.2 Å². The van der Waals surface area contributed by atoms with Gasteiger partial charge in [-0.2, -0.15) is 8.42 Å². The topological polar surface area (TPSA) is 72.8 Å². The van der Waals surface area contributed by atoms with Crippen LogP contribution < -0.4 is 0 Å². The third-order valence-corrected chi connectivity index (χ3v) is 3.27. The van der Waals surface area contributed by atoms with Crippen LogP contribution in [-0.4, -0.2) is 40.0 Å². The van der Waals surface area contributed by atoms with Crippen LogP contribution in [0.2, 0.25) is 0 Å². The van der Waals surface area contributed by atoms with Crippen LogP contribution in [-0.2, 0) is 19.0 Å². The Labute approximate surface area is 94.7 Å². The Morgan fingerprint density at radius 1 is 1.31 bits per heavy atom. The summed E-state index contributed by atoms with van der Waals surface area (Å²) in [7, 11) is -2.39. The smallest absolute Gasteiger partial charge is 0.297 e. The summed E-state index contributed by atoms with van der Waals surface area (Å²) < 4.78 is 32.8. The average Bonchev–Trinajstić information content (AvgIpc) is 2.31. The molecule has 0 saturated carbocycles. The zero-order valence-corrected chi connectivity index (χ0v) is 9.68. The molecule has 1 N–H and O–H groups in total. The van der Waals surface area contributed by atoms with E-state index in [-0.39, 0.29) is 18.1 Å². The van der Waals surface area contributed by atoms with Crippen molar-refractivity contribution in [2.75, 3.05) is 20.3 Å². The van der Waals surface area contributed by atoms with E-state index < -0.39 is 16.2 Å². The second-order valence-electron chi connectivity index (χ2n) is 3.09. The summed E-state index contributed by atoms with van der Waals surface area (Å²) in [5.41, 5.74) is 0. The van der Waals surface area contributed by atoms with Gasteiger partial charge in [0.2, 0.25) is 0 Å². The van der Waals surface area contributed by atoms with E-state index >= 15 is 0 Å². The summed E-state index contributed by atoms with van der Waals surface area (Å²) in [6.07, 6.45) is -0.640. The molecule has 0 aliphatic rings. The van der Waals surface area contributed by atoms with Crippen molar-refractivity contribution in [3.05, 3.63) is 30.3 Å². The Morgan fingerprint density at radius 2 is 1.94 bits per heavy atom. The minimum atomic E-state index is -3.77.